The maximum atomic E-state index is 12.4. The monoisotopic (exact) mass is 631 g/mol. The minimum Gasteiger partial charge on any atom is -0.462 e. The SMILES string of the molecule is CCCC/C=C/C/C=C/CCCCCCCC(=O)OC[C@@H](COP(=O)(O)OCCN)OC(=O)CCCCCCCCCC. The molecule has 9 nitrogen and oxygen atoms in total. The van der Waals surface area contributed by atoms with Crippen molar-refractivity contribution in [2.24, 2.45) is 5.73 Å². The molecular weight excluding hydrogens is 569 g/mol. The Morgan fingerprint density at radius 2 is 1.23 bits per heavy atom. The van der Waals surface area contributed by atoms with Gasteiger partial charge in [0.05, 0.1) is 13.2 Å². The molecule has 0 radical (unpaired) electrons. The lowest BCUT2D eigenvalue weighted by molar-refractivity contribution is -0.161. The highest BCUT2D eigenvalue weighted by molar-refractivity contribution is 7.47. The molecule has 0 fully saturated rings. The van der Waals surface area contributed by atoms with Crippen molar-refractivity contribution in [3.8, 4) is 0 Å². The van der Waals surface area contributed by atoms with Crippen LogP contribution in [-0.4, -0.2) is 49.3 Å². The molecular formula is C33H62NO8P. The van der Waals surface area contributed by atoms with E-state index in [9.17, 15) is 19.0 Å². The summed E-state index contributed by atoms with van der Waals surface area (Å²) in [5.74, 6) is -0.852. The molecule has 0 aliphatic heterocycles. The molecule has 0 spiro atoms. The normalized spacial score (nSPS) is 13.9. The van der Waals surface area contributed by atoms with Gasteiger partial charge in [-0.2, -0.15) is 0 Å². The molecule has 0 aromatic carbocycles. The summed E-state index contributed by atoms with van der Waals surface area (Å²) in [5.41, 5.74) is 5.30. The van der Waals surface area contributed by atoms with Gasteiger partial charge in [-0.1, -0.05) is 115 Å². The van der Waals surface area contributed by atoms with Crippen LogP contribution < -0.4 is 5.73 Å². The molecule has 0 aliphatic rings. The van der Waals surface area contributed by atoms with Crippen LogP contribution in [0.15, 0.2) is 24.3 Å². The molecule has 1 unspecified atom stereocenters. The van der Waals surface area contributed by atoms with Crippen LogP contribution in [0.4, 0.5) is 0 Å². The summed E-state index contributed by atoms with van der Waals surface area (Å²) in [5, 5.41) is 0. The number of unbranched alkanes of at least 4 members (excludes halogenated alkanes) is 14. The van der Waals surface area contributed by atoms with E-state index in [4.69, 9.17) is 24.3 Å². The van der Waals surface area contributed by atoms with E-state index < -0.39 is 32.5 Å². The van der Waals surface area contributed by atoms with Gasteiger partial charge in [0.25, 0.3) is 0 Å². The van der Waals surface area contributed by atoms with Crippen molar-refractivity contribution in [1.29, 1.82) is 0 Å². The minimum absolute atomic E-state index is 0.0522. The number of esters is 2. The number of ether oxygens (including phenoxy) is 2. The number of nitrogens with two attached hydrogens (primary N) is 1. The van der Waals surface area contributed by atoms with Gasteiger partial charge in [-0.05, 0) is 38.5 Å². The van der Waals surface area contributed by atoms with E-state index in [-0.39, 0.29) is 32.6 Å². The Kier molecular flexibility index (Phi) is 29.4. The largest absolute Gasteiger partial charge is 0.472 e. The zero-order chi connectivity index (χ0) is 31.9. The Morgan fingerprint density at radius 3 is 1.84 bits per heavy atom. The zero-order valence-electron chi connectivity index (χ0n) is 27.2. The second kappa shape index (κ2) is 30.5. The van der Waals surface area contributed by atoms with Crippen molar-refractivity contribution in [2.75, 3.05) is 26.4 Å². The maximum Gasteiger partial charge on any atom is 0.472 e. The van der Waals surface area contributed by atoms with Crippen molar-refractivity contribution in [3.05, 3.63) is 24.3 Å². The highest BCUT2D eigenvalue weighted by Gasteiger charge is 2.25. The molecule has 3 N–H and O–H groups in total. The lowest BCUT2D eigenvalue weighted by Gasteiger charge is -2.19. The number of hydrogen-bond donors (Lipinski definition) is 2. The van der Waals surface area contributed by atoms with Crippen LogP contribution in [0.2, 0.25) is 0 Å². The molecule has 0 rings (SSSR count). The van der Waals surface area contributed by atoms with Crippen LogP contribution in [0.1, 0.15) is 142 Å². The first-order valence-corrected chi connectivity index (χ1v) is 18.3. The summed E-state index contributed by atoms with van der Waals surface area (Å²) in [6.07, 6.45) is 27.9. The molecule has 0 heterocycles. The third-order valence-electron chi connectivity index (χ3n) is 6.84. The lowest BCUT2D eigenvalue weighted by atomic mass is 10.1. The predicted molar refractivity (Wildman–Crippen MR) is 174 cm³/mol. The zero-order valence-corrected chi connectivity index (χ0v) is 28.1. The molecule has 2 atom stereocenters. The summed E-state index contributed by atoms with van der Waals surface area (Å²) in [7, 11) is -4.36. The predicted octanol–water partition coefficient (Wildman–Crippen LogP) is 8.49. The third kappa shape index (κ3) is 30.3. The molecule has 0 saturated heterocycles. The van der Waals surface area contributed by atoms with Crippen molar-refractivity contribution >= 4 is 19.8 Å². The van der Waals surface area contributed by atoms with Gasteiger partial charge in [0.15, 0.2) is 6.10 Å². The van der Waals surface area contributed by atoms with E-state index in [1.54, 1.807) is 0 Å². The number of phosphoric ester groups is 1. The fourth-order valence-corrected chi connectivity index (χ4v) is 5.06. The molecule has 0 aliphatic carbocycles. The van der Waals surface area contributed by atoms with E-state index in [1.165, 1.54) is 38.5 Å². The van der Waals surface area contributed by atoms with E-state index in [0.717, 1.165) is 70.6 Å². The molecule has 0 saturated carbocycles. The van der Waals surface area contributed by atoms with Crippen LogP contribution in [0, 0.1) is 0 Å². The Morgan fingerprint density at radius 1 is 0.698 bits per heavy atom. The second-order valence-corrected chi connectivity index (χ2v) is 12.5. The third-order valence-corrected chi connectivity index (χ3v) is 7.82. The summed E-state index contributed by atoms with van der Waals surface area (Å²) in [6.45, 7) is 3.61. The van der Waals surface area contributed by atoms with Crippen LogP contribution in [0.5, 0.6) is 0 Å². The van der Waals surface area contributed by atoms with E-state index in [1.807, 2.05) is 0 Å². The summed E-state index contributed by atoms with van der Waals surface area (Å²) >= 11 is 0. The molecule has 252 valence electrons. The highest BCUT2D eigenvalue weighted by atomic mass is 31.2. The highest BCUT2D eigenvalue weighted by Crippen LogP contribution is 2.43. The lowest BCUT2D eigenvalue weighted by Crippen LogP contribution is -2.29. The number of rotatable bonds is 31. The van der Waals surface area contributed by atoms with Crippen LogP contribution >= 0.6 is 7.82 Å². The van der Waals surface area contributed by atoms with Crippen LogP contribution in [0.25, 0.3) is 0 Å². The summed E-state index contributed by atoms with van der Waals surface area (Å²) in [6, 6.07) is 0. The average Bonchev–Trinajstić information content (AvgIpc) is 2.99. The Labute approximate surface area is 261 Å². The minimum atomic E-state index is -4.36. The number of carbonyl (C=O) groups is 2. The van der Waals surface area contributed by atoms with Gasteiger partial charge in [-0.25, -0.2) is 4.57 Å². The van der Waals surface area contributed by atoms with Crippen LogP contribution in [0.3, 0.4) is 0 Å². The van der Waals surface area contributed by atoms with E-state index in [2.05, 4.69) is 38.2 Å². The fraction of sp³-hybridized carbons (Fsp3) is 0.818. The number of allylic oxidation sites excluding steroid dienone is 4. The molecule has 0 aromatic rings. The van der Waals surface area contributed by atoms with Gasteiger partial charge >= 0.3 is 19.8 Å². The van der Waals surface area contributed by atoms with E-state index >= 15 is 0 Å². The number of phosphoric acid groups is 1. The Hall–Kier alpha value is -1.51. The summed E-state index contributed by atoms with van der Waals surface area (Å²) in [4.78, 5) is 34.4. The molecule has 10 heteroatoms. The van der Waals surface area contributed by atoms with Gasteiger partial charge in [0, 0.05) is 19.4 Å². The molecule has 0 aromatic heterocycles. The Bertz CT molecular complexity index is 774. The number of hydrogen-bond acceptors (Lipinski definition) is 8. The first-order valence-electron chi connectivity index (χ1n) is 16.8. The quantitative estimate of drug-likeness (QED) is 0.0334. The van der Waals surface area contributed by atoms with Gasteiger partial charge in [-0.3, -0.25) is 18.6 Å². The number of carbonyl (C=O) groups excluding carboxylic acids is 2. The molecule has 0 bridgehead atoms. The topological polar surface area (TPSA) is 134 Å². The smallest absolute Gasteiger partial charge is 0.462 e. The second-order valence-electron chi connectivity index (χ2n) is 11.0. The van der Waals surface area contributed by atoms with Gasteiger partial charge in [0.1, 0.15) is 6.61 Å². The van der Waals surface area contributed by atoms with Crippen LogP contribution in [-0.2, 0) is 32.7 Å². The van der Waals surface area contributed by atoms with Crippen molar-refractivity contribution < 1.29 is 37.6 Å². The van der Waals surface area contributed by atoms with Gasteiger partial charge in [0.2, 0.25) is 0 Å². The first kappa shape index (κ1) is 41.5. The average molecular weight is 632 g/mol. The van der Waals surface area contributed by atoms with Crippen molar-refractivity contribution in [2.45, 2.75) is 148 Å². The summed E-state index contributed by atoms with van der Waals surface area (Å²) < 4.78 is 32.4. The molecule has 0 amide bonds. The fourth-order valence-electron chi connectivity index (χ4n) is 4.30. The standard InChI is InChI=1S/C33H62NO8P/c1-3-5-7-9-11-13-14-15-16-17-18-20-21-23-25-32(35)39-29-31(30-41-43(37,38)40-28-27-34)42-33(36)26-24-22-19-12-10-8-6-4-2/h9,11,14-15,31H,3-8,10,12-13,16-30,34H2,1-2H3,(H,37,38)/b11-9+,15-14+/t31-/m0/s1. The maximum absolute atomic E-state index is 12.4. The first-order chi connectivity index (χ1) is 20.8. The Balaban J connectivity index is 4.27. The molecule has 43 heavy (non-hydrogen) atoms. The van der Waals surface area contributed by atoms with Crippen molar-refractivity contribution in [1.82, 2.24) is 0 Å². The van der Waals surface area contributed by atoms with Gasteiger partial charge < -0.3 is 20.1 Å². The van der Waals surface area contributed by atoms with Gasteiger partial charge in [-0.15, -0.1) is 0 Å². The van der Waals surface area contributed by atoms with Crippen molar-refractivity contribution in [3.63, 3.8) is 0 Å². The van der Waals surface area contributed by atoms with E-state index in [0.29, 0.717) is 6.42 Å².